The van der Waals surface area contributed by atoms with Crippen molar-refractivity contribution in [1.82, 2.24) is 9.97 Å². The van der Waals surface area contributed by atoms with Crippen LogP contribution in [0.3, 0.4) is 0 Å². The number of nitrogens with two attached hydrogens (primary N) is 1. The third-order valence-electron chi connectivity index (χ3n) is 3.50. The highest BCUT2D eigenvalue weighted by Gasteiger charge is 2.32. The Bertz CT molecular complexity index is 560. The lowest BCUT2D eigenvalue weighted by molar-refractivity contribution is 0.306. The minimum atomic E-state index is 0.170. The van der Waals surface area contributed by atoms with Crippen LogP contribution >= 0.6 is 0 Å². The van der Waals surface area contributed by atoms with Crippen molar-refractivity contribution in [2.45, 2.75) is 31.7 Å². The lowest BCUT2D eigenvalue weighted by atomic mass is 9.78. The van der Waals surface area contributed by atoms with E-state index in [1.54, 1.807) is 0 Å². The molecule has 17 heavy (non-hydrogen) atoms. The molecule has 0 saturated heterocycles. The van der Waals surface area contributed by atoms with Gasteiger partial charge in [-0.15, -0.1) is 0 Å². The highest BCUT2D eigenvalue weighted by molar-refractivity contribution is 5.90. The Morgan fingerprint density at radius 2 is 2.00 bits per heavy atom. The van der Waals surface area contributed by atoms with E-state index in [1.165, 1.54) is 19.3 Å². The molecule has 0 bridgehead atoms. The molecular weight excluding hydrogens is 212 g/mol. The van der Waals surface area contributed by atoms with Crippen LogP contribution in [-0.4, -0.2) is 15.5 Å². The molecule has 1 aliphatic rings. The third-order valence-corrected chi connectivity index (χ3v) is 3.50. The quantitative estimate of drug-likeness (QED) is 0.829. The number of nitrogen functional groups attached to an aromatic ring is 1. The van der Waals surface area contributed by atoms with E-state index in [0.717, 1.165) is 16.7 Å². The van der Waals surface area contributed by atoms with E-state index in [0.29, 0.717) is 5.95 Å². The van der Waals surface area contributed by atoms with E-state index >= 15 is 0 Å². The number of rotatable bonds is 2. The summed E-state index contributed by atoms with van der Waals surface area (Å²) in [6, 6.07) is 7.95. The number of nitrogens with one attached hydrogen (secondary N) is 1. The summed E-state index contributed by atoms with van der Waals surface area (Å²) in [6.07, 6.45) is 3.65. The minimum absolute atomic E-state index is 0.170. The summed E-state index contributed by atoms with van der Waals surface area (Å²) in [7, 11) is 0. The van der Waals surface area contributed by atoms with Crippen molar-refractivity contribution in [3.8, 4) is 0 Å². The van der Waals surface area contributed by atoms with Gasteiger partial charge in [0.1, 0.15) is 5.82 Å². The number of benzene rings is 1. The van der Waals surface area contributed by atoms with E-state index in [2.05, 4.69) is 22.2 Å². The molecular formula is C13H16N4. The number of fused-ring (bicyclic) bond motifs is 1. The van der Waals surface area contributed by atoms with Crippen molar-refractivity contribution < 1.29 is 0 Å². The number of para-hydroxylation sites is 1. The van der Waals surface area contributed by atoms with Crippen LogP contribution < -0.4 is 11.1 Å². The Kier molecular flexibility index (Phi) is 2.18. The summed E-state index contributed by atoms with van der Waals surface area (Å²) in [4.78, 5) is 8.56. The maximum absolute atomic E-state index is 5.74. The number of nitrogens with zero attached hydrogens (tertiary/aromatic N) is 2. The molecule has 1 fully saturated rings. The lowest BCUT2D eigenvalue weighted by Crippen LogP contribution is -2.42. The van der Waals surface area contributed by atoms with Crippen LogP contribution in [0.25, 0.3) is 10.9 Å². The molecule has 4 nitrogen and oxygen atoms in total. The zero-order chi connectivity index (χ0) is 11.9. The molecule has 1 saturated carbocycles. The number of aromatic nitrogens is 2. The highest BCUT2D eigenvalue weighted by atomic mass is 15.1. The summed E-state index contributed by atoms with van der Waals surface area (Å²) in [6.45, 7) is 2.23. The Morgan fingerprint density at radius 1 is 1.24 bits per heavy atom. The number of hydrogen-bond acceptors (Lipinski definition) is 4. The summed E-state index contributed by atoms with van der Waals surface area (Å²) in [5.41, 5.74) is 6.80. The minimum Gasteiger partial charge on any atom is -0.368 e. The molecule has 0 spiro atoms. The van der Waals surface area contributed by atoms with E-state index in [-0.39, 0.29) is 5.54 Å². The molecule has 1 aliphatic carbocycles. The second kappa shape index (κ2) is 3.58. The molecule has 3 N–H and O–H groups in total. The van der Waals surface area contributed by atoms with E-state index in [1.807, 2.05) is 24.3 Å². The molecule has 2 aromatic rings. The van der Waals surface area contributed by atoms with E-state index < -0.39 is 0 Å². The molecule has 0 atom stereocenters. The predicted molar refractivity (Wildman–Crippen MR) is 69.8 cm³/mol. The molecule has 1 aromatic carbocycles. The number of hydrogen-bond donors (Lipinski definition) is 2. The van der Waals surface area contributed by atoms with Crippen molar-refractivity contribution >= 4 is 22.7 Å². The van der Waals surface area contributed by atoms with Crippen molar-refractivity contribution in [1.29, 1.82) is 0 Å². The van der Waals surface area contributed by atoms with Crippen LogP contribution in [0.4, 0.5) is 11.8 Å². The van der Waals surface area contributed by atoms with Gasteiger partial charge in [0.15, 0.2) is 0 Å². The van der Waals surface area contributed by atoms with Crippen LogP contribution in [0.5, 0.6) is 0 Å². The van der Waals surface area contributed by atoms with Crippen LogP contribution in [0.15, 0.2) is 24.3 Å². The largest absolute Gasteiger partial charge is 0.368 e. The zero-order valence-electron chi connectivity index (χ0n) is 9.90. The monoisotopic (exact) mass is 228 g/mol. The maximum atomic E-state index is 5.74. The van der Waals surface area contributed by atoms with Crippen LogP contribution in [0.1, 0.15) is 26.2 Å². The normalized spacial score (nSPS) is 17.7. The lowest BCUT2D eigenvalue weighted by Gasteiger charge is -2.39. The SMILES string of the molecule is CC1(Nc2nc(N)nc3ccccc23)CCC1. The molecule has 1 heterocycles. The van der Waals surface area contributed by atoms with Crippen molar-refractivity contribution in [2.75, 3.05) is 11.1 Å². The molecule has 0 radical (unpaired) electrons. The smallest absolute Gasteiger partial charge is 0.222 e. The van der Waals surface area contributed by atoms with Crippen LogP contribution in [0, 0.1) is 0 Å². The predicted octanol–water partition coefficient (Wildman–Crippen LogP) is 2.57. The summed E-state index contributed by atoms with van der Waals surface area (Å²) < 4.78 is 0. The molecule has 3 rings (SSSR count). The van der Waals surface area contributed by atoms with Crippen LogP contribution in [-0.2, 0) is 0 Å². The van der Waals surface area contributed by atoms with Crippen molar-refractivity contribution in [2.24, 2.45) is 0 Å². The zero-order valence-corrected chi connectivity index (χ0v) is 9.90. The first kappa shape index (κ1) is 10.3. The van der Waals surface area contributed by atoms with Crippen LogP contribution in [0.2, 0.25) is 0 Å². The van der Waals surface area contributed by atoms with Gasteiger partial charge in [-0.3, -0.25) is 0 Å². The van der Waals surface area contributed by atoms with Gasteiger partial charge in [-0.05, 0) is 38.3 Å². The maximum Gasteiger partial charge on any atom is 0.222 e. The Morgan fingerprint density at radius 3 is 2.71 bits per heavy atom. The van der Waals surface area contributed by atoms with Gasteiger partial charge in [-0.25, -0.2) is 4.98 Å². The fraction of sp³-hybridized carbons (Fsp3) is 0.385. The average Bonchev–Trinajstić information content (AvgIpc) is 2.26. The molecule has 88 valence electrons. The average molecular weight is 228 g/mol. The van der Waals surface area contributed by atoms with Gasteiger partial charge < -0.3 is 11.1 Å². The Hall–Kier alpha value is -1.84. The molecule has 0 unspecified atom stereocenters. The van der Waals surface area contributed by atoms with Gasteiger partial charge >= 0.3 is 0 Å². The second-order valence-electron chi connectivity index (χ2n) is 4.99. The van der Waals surface area contributed by atoms with Gasteiger partial charge in [-0.2, -0.15) is 4.98 Å². The first-order chi connectivity index (χ1) is 8.16. The van der Waals surface area contributed by atoms with Gasteiger partial charge in [0.25, 0.3) is 0 Å². The van der Waals surface area contributed by atoms with Crippen molar-refractivity contribution in [3.05, 3.63) is 24.3 Å². The Labute approximate surface area is 100 Å². The highest BCUT2D eigenvalue weighted by Crippen LogP contribution is 2.35. The first-order valence-electron chi connectivity index (χ1n) is 5.97. The van der Waals surface area contributed by atoms with Gasteiger partial charge in [0.05, 0.1) is 5.52 Å². The van der Waals surface area contributed by atoms with Gasteiger partial charge in [-0.1, -0.05) is 12.1 Å². The summed E-state index contributed by atoms with van der Waals surface area (Å²) >= 11 is 0. The first-order valence-corrected chi connectivity index (χ1v) is 5.97. The molecule has 0 amide bonds. The van der Waals surface area contributed by atoms with Gasteiger partial charge in [0, 0.05) is 10.9 Å². The molecule has 1 aromatic heterocycles. The number of anilines is 2. The summed E-state index contributed by atoms with van der Waals surface area (Å²) in [5, 5.41) is 4.54. The fourth-order valence-corrected chi connectivity index (χ4v) is 2.31. The third kappa shape index (κ3) is 1.79. The molecule has 0 aliphatic heterocycles. The fourth-order valence-electron chi connectivity index (χ4n) is 2.31. The van der Waals surface area contributed by atoms with Crippen molar-refractivity contribution in [3.63, 3.8) is 0 Å². The standard InChI is InChI=1S/C13H16N4/c1-13(7-4-8-13)17-11-9-5-2-3-6-10(9)15-12(14)16-11/h2-3,5-6H,4,7-8H2,1H3,(H3,14,15,16,17). The van der Waals surface area contributed by atoms with Gasteiger partial charge in [0.2, 0.25) is 5.95 Å². The summed E-state index contributed by atoms with van der Waals surface area (Å²) in [5.74, 6) is 1.18. The Balaban J connectivity index is 2.08. The van der Waals surface area contributed by atoms with E-state index in [4.69, 9.17) is 5.73 Å². The topological polar surface area (TPSA) is 63.8 Å². The second-order valence-corrected chi connectivity index (χ2v) is 4.99. The van der Waals surface area contributed by atoms with E-state index in [9.17, 15) is 0 Å². The molecule has 4 heteroatoms.